The highest BCUT2D eigenvalue weighted by molar-refractivity contribution is 6.11. The van der Waals surface area contributed by atoms with Crippen LogP contribution < -0.4 is 9.64 Å². The summed E-state index contributed by atoms with van der Waals surface area (Å²) in [5.74, 6) is 0.220. The van der Waals surface area contributed by atoms with Gasteiger partial charge in [0.05, 0.1) is 31.0 Å². The lowest BCUT2D eigenvalue weighted by molar-refractivity contribution is -0.123. The van der Waals surface area contributed by atoms with Gasteiger partial charge in [-0.05, 0) is 98.6 Å². The standard InChI is InChI=1S/C36H35N3O5/c1-4-38(30-10-8-7-9-11-30)31-20-12-26(13-21-31)24-33-34(40)39(25-27-14-22-32(23-15-27)42-5-2)36(44-33)37-29-18-16-28(17-19-29)35(41)43-6-3/h7-24H,4-6,25H2,1-3H3. The Labute approximate surface area is 257 Å². The van der Waals surface area contributed by atoms with E-state index in [0.29, 0.717) is 24.5 Å². The van der Waals surface area contributed by atoms with Crippen molar-refractivity contribution in [2.45, 2.75) is 27.3 Å². The molecule has 1 amide bonds. The summed E-state index contributed by atoms with van der Waals surface area (Å²) < 4.78 is 16.7. The van der Waals surface area contributed by atoms with Crippen LogP contribution in [0, 0.1) is 0 Å². The van der Waals surface area contributed by atoms with Crippen molar-refractivity contribution in [2.75, 3.05) is 24.7 Å². The molecule has 0 spiro atoms. The van der Waals surface area contributed by atoms with Crippen LogP contribution in [0.3, 0.4) is 0 Å². The van der Waals surface area contributed by atoms with E-state index in [1.165, 1.54) is 4.90 Å². The third-order valence-electron chi connectivity index (χ3n) is 6.95. The molecule has 0 unspecified atom stereocenters. The molecule has 4 aromatic rings. The average molecular weight is 590 g/mol. The number of ether oxygens (including phenoxy) is 3. The quantitative estimate of drug-likeness (QED) is 0.133. The molecule has 1 aliphatic heterocycles. The maximum atomic E-state index is 13.7. The first kappa shape index (κ1) is 30.1. The third kappa shape index (κ3) is 7.15. The molecular formula is C36H35N3O5. The maximum Gasteiger partial charge on any atom is 0.338 e. The zero-order valence-corrected chi connectivity index (χ0v) is 25.1. The Morgan fingerprint density at radius 2 is 1.52 bits per heavy atom. The van der Waals surface area contributed by atoms with Crippen molar-refractivity contribution >= 4 is 41.0 Å². The van der Waals surface area contributed by atoms with Crippen molar-refractivity contribution in [2.24, 2.45) is 4.99 Å². The molecule has 224 valence electrons. The van der Waals surface area contributed by atoms with Crippen LogP contribution in [0.1, 0.15) is 42.3 Å². The number of nitrogens with zero attached hydrogens (tertiary/aromatic N) is 3. The number of amidine groups is 1. The summed E-state index contributed by atoms with van der Waals surface area (Å²) in [7, 11) is 0. The van der Waals surface area contributed by atoms with E-state index in [-0.39, 0.29) is 24.2 Å². The van der Waals surface area contributed by atoms with Gasteiger partial charge in [-0.2, -0.15) is 4.99 Å². The monoisotopic (exact) mass is 589 g/mol. The minimum absolute atomic E-state index is 0.150. The second-order valence-corrected chi connectivity index (χ2v) is 9.91. The summed E-state index contributed by atoms with van der Waals surface area (Å²) in [6.45, 7) is 7.73. The largest absolute Gasteiger partial charge is 0.494 e. The lowest BCUT2D eigenvalue weighted by Crippen LogP contribution is -2.29. The normalized spacial score (nSPS) is 14.5. The van der Waals surface area contributed by atoms with E-state index < -0.39 is 5.97 Å². The average Bonchev–Trinajstić information content (AvgIpc) is 3.33. The number of para-hydroxylation sites is 1. The molecule has 0 atom stereocenters. The molecular weight excluding hydrogens is 554 g/mol. The molecule has 0 aromatic heterocycles. The van der Waals surface area contributed by atoms with E-state index in [9.17, 15) is 9.59 Å². The highest BCUT2D eigenvalue weighted by Gasteiger charge is 2.35. The van der Waals surface area contributed by atoms with Crippen LogP contribution in [0.2, 0.25) is 0 Å². The van der Waals surface area contributed by atoms with Crippen LogP contribution in [0.15, 0.2) is 114 Å². The molecule has 1 heterocycles. The Balaban J connectivity index is 1.41. The minimum Gasteiger partial charge on any atom is -0.494 e. The molecule has 5 rings (SSSR count). The number of hydrogen-bond donors (Lipinski definition) is 0. The summed E-state index contributed by atoms with van der Waals surface area (Å²) in [4.78, 5) is 34.1. The fourth-order valence-corrected chi connectivity index (χ4v) is 4.79. The number of rotatable bonds is 11. The minimum atomic E-state index is -0.404. The van der Waals surface area contributed by atoms with Gasteiger partial charge < -0.3 is 19.1 Å². The number of carbonyl (C=O) groups is 2. The lowest BCUT2D eigenvalue weighted by atomic mass is 10.1. The number of anilines is 2. The fraction of sp³-hybridized carbons (Fsp3) is 0.194. The number of amides is 1. The molecule has 0 saturated carbocycles. The molecule has 44 heavy (non-hydrogen) atoms. The SMILES string of the molecule is CCOC(=O)c1ccc(N=C2OC(=Cc3ccc(N(CC)c4ccccc4)cc3)C(=O)N2Cc2ccc(OCC)cc2)cc1. The second-order valence-electron chi connectivity index (χ2n) is 9.91. The van der Waals surface area contributed by atoms with E-state index >= 15 is 0 Å². The van der Waals surface area contributed by atoms with Crippen molar-refractivity contribution in [3.05, 3.63) is 126 Å². The molecule has 4 aromatic carbocycles. The predicted octanol–water partition coefficient (Wildman–Crippen LogP) is 7.51. The van der Waals surface area contributed by atoms with Crippen LogP contribution >= 0.6 is 0 Å². The van der Waals surface area contributed by atoms with Crippen molar-refractivity contribution in [3.8, 4) is 5.75 Å². The second kappa shape index (κ2) is 14.2. The first-order chi connectivity index (χ1) is 21.5. The van der Waals surface area contributed by atoms with Gasteiger partial charge in [0.15, 0.2) is 5.76 Å². The van der Waals surface area contributed by atoms with Crippen LogP contribution in [0.5, 0.6) is 5.75 Å². The first-order valence-electron chi connectivity index (χ1n) is 14.7. The molecule has 1 fully saturated rings. The van der Waals surface area contributed by atoms with Gasteiger partial charge in [-0.3, -0.25) is 9.69 Å². The Hall–Kier alpha value is -5.37. The number of hydrogen-bond acceptors (Lipinski definition) is 7. The van der Waals surface area contributed by atoms with Gasteiger partial charge in [0.2, 0.25) is 0 Å². The maximum absolute atomic E-state index is 13.7. The molecule has 1 saturated heterocycles. The molecule has 0 radical (unpaired) electrons. The molecule has 0 N–H and O–H groups in total. The molecule has 8 nitrogen and oxygen atoms in total. The number of carbonyl (C=O) groups excluding carboxylic acids is 2. The fourth-order valence-electron chi connectivity index (χ4n) is 4.79. The third-order valence-corrected chi connectivity index (χ3v) is 6.95. The predicted molar refractivity (Wildman–Crippen MR) is 172 cm³/mol. The summed E-state index contributed by atoms with van der Waals surface area (Å²) in [5, 5.41) is 0. The highest BCUT2D eigenvalue weighted by Crippen LogP contribution is 2.28. The van der Waals surface area contributed by atoms with Gasteiger partial charge in [-0.1, -0.05) is 42.5 Å². The molecule has 0 aliphatic carbocycles. The van der Waals surface area contributed by atoms with E-state index in [4.69, 9.17) is 14.2 Å². The summed E-state index contributed by atoms with van der Waals surface area (Å²) in [6.07, 6.45) is 1.72. The van der Waals surface area contributed by atoms with Crippen LogP contribution in [-0.2, 0) is 20.8 Å². The molecule has 0 bridgehead atoms. The van der Waals surface area contributed by atoms with Crippen molar-refractivity contribution in [1.82, 2.24) is 4.90 Å². The van der Waals surface area contributed by atoms with Gasteiger partial charge in [-0.25, -0.2) is 4.79 Å². The molecule has 8 heteroatoms. The zero-order valence-electron chi connectivity index (χ0n) is 25.1. The van der Waals surface area contributed by atoms with Gasteiger partial charge in [-0.15, -0.1) is 0 Å². The van der Waals surface area contributed by atoms with Gasteiger partial charge >= 0.3 is 12.0 Å². The molecule has 1 aliphatic rings. The summed E-state index contributed by atoms with van der Waals surface area (Å²) in [6, 6.07) is 32.6. The van der Waals surface area contributed by atoms with E-state index in [0.717, 1.165) is 34.8 Å². The first-order valence-corrected chi connectivity index (χ1v) is 14.7. The smallest absolute Gasteiger partial charge is 0.338 e. The highest BCUT2D eigenvalue weighted by atomic mass is 16.5. The Morgan fingerprint density at radius 1 is 0.841 bits per heavy atom. The lowest BCUT2D eigenvalue weighted by Gasteiger charge is -2.23. The Kier molecular flexibility index (Phi) is 9.71. The van der Waals surface area contributed by atoms with E-state index in [1.54, 1.807) is 37.3 Å². The van der Waals surface area contributed by atoms with Crippen molar-refractivity contribution in [1.29, 1.82) is 0 Å². The van der Waals surface area contributed by atoms with Crippen LogP contribution in [0.4, 0.5) is 17.1 Å². The topological polar surface area (TPSA) is 80.7 Å². The van der Waals surface area contributed by atoms with Crippen LogP contribution in [-0.4, -0.2) is 42.6 Å². The van der Waals surface area contributed by atoms with Crippen molar-refractivity contribution < 1.29 is 23.8 Å². The van der Waals surface area contributed by atoms with Crippen LogP contribution in [0.25, 0.3) is 6.08 Å². The van der Waals surface area contributed by atoms with Gasteiger partial charge in [0, 0.05) is 17.9 Å². The van der Waals surface area contributed by atoms with Gasteiger partial charge in [0.1, 0.15) is 5.75 Å². The number of aliphatic imine (C=N–C) groups is 1. The number of benzene rings is 4. The van der Waals surface area contributed by atoms with E-state index in [1.807, 2.05) is 73.7 Å². The van der Waals surface area contributed by atoms with E-state index in [2.05, 4.69) is 28.9 Å². The Morgan fingerprint density at radius 3 is 2.16 bits per heavy atom. The summed E-state index contributed by atoms with van der Waals surface area (Å²) >= 11 is 0. The number of esters is 1. The Bertz CT molecular complexity index is 1630. The van der Waals surface area contributed by atoms with Crippen molar-refractivity contribution in [3.63, 3.8) is 0 Å². The zero-order chi connectivity index (χ0) is 30.9. The summed E-state index contributed by atoms with van der Waals surface area (Å²) in [5.41, 5.74) is 4.82. The van der Waals surface area contributed by atoms with Gasteiger partial charge in [0.25, 0.3) is 5.91 Å².